The van der Waals surface area contributed by atoms with Crippen LogP contribution in [0.15, 0.2) is 41.8 Å². The van der Waals surface area contributed by atoms with E-state index in [4.69, 9.17) is 4.74 Å². The second-order valence-electron chi connectivity index (χ2n) is 6.97. The number of pyridine rings is 2. The Bertz CT molecular complexity index is 1450. The molecule has 4 aromatic rings. The second-order valence-corrected chi connectivity index (χ2v) is 9.22. The molecule has 4 aromatic heterocycles. The van der Waals surface area contributed by atoms with Gasteiger partial charge in [-0.3, -0.25) is 4.98 Å². The quantitative estimate of drug-likeness (QED) is 0.429. The summed E-state index contributed by atoms with van der Waals surface area (Å²) in [5, 5.41) is 0. The van der Waals surface area contributed by atoms with Gasteiger partial charge < -0.3 is 9.30 Å². The van der Waals surface area contributed by atoms with E-state index in [0.29, 0.717) is 16.8 Å². The molecular formula is C20H17F3N6O3S. The molecule has 4 heterocycles. The number of imidazole rings is 1. The number of ether oxygens (including phenoxy) is 1. The predicted molar refractivity (Wildman–Crippen MR) is 112 cm³/mol. The van der Waals surface area contributed by atoms with Crippen LogP contribution < -0.4 is 4.74 Å². The van der Waals surface area contributed by atoms with Gasteiger partial charge in [-0.05, 0) is 12.1 Å². The number of hydrogen-bond donors (Lipinski definition) is 0. The Hall–Kier alpha value is -3.61. The molecule has 9 nitrogen and oxygen atoms in total. The standard InChI is InChI=1S/C20H17F3N6O3S/c1-4-33(30,31)15-5-11(18-26-8-12(32-3)9-27-18)7-25-17(15)19-28-13-6-16(20(21,22)23)24-10-14(13)29(19)2/h5-10H,4H2,1-3H3. The van der Waals surface area contributed by atoms with E-state index in [9.17, 15) is 21.6 Å². The van der Waals surface area contributed by atoms with Crippen molar-refractivity contribution >= 4 is 20.9 Å². The molecule has 0 saturated heterocycles. The molecule has 0 atom stereocenters. The van der Waals surface area contributed by atoms with Gasteiger partial charge in [0.1, 0.15) is 11.4 Å². The zero-order valence-electron chi connectivity index (χ0n) is 17.6. The fraction of sp³-hybridized carbons (Fsp3) is 0.250. The number of aryl methyl sites for hydroxylation is 1. The third kappa shape index (κ3) is 4.11. The van der Waals surface area contributed by atoms with E-state index in [-0.39, 0.29) is 33.5 Å². The summed E-state index contributed by atoms with van der Waals surface area (Å²) >= 11 is 0. The fourth-order valence-corrected chi connectivity index (χ4v) is 4.21. The molecule has 0 aliphatic carbocycles. The topological polar surface area (TPSA) is 113 Å². The number of alkyl halides is 3. The first-order valence-electron chi connectivity index (χ1n) is 9.54. The summed E-state index contributed by atoms with van der Waals surface area (Å²) in [6.45, 7) is 1.48. The van der Waals surface area contributed by atoms with Crippen molar-refractivity contribution in [3.63, 3.8) is 0 Å². The van der Waals surface area contributed by atoms with Crippen LogP contribution in [0.4, 0.5) is 13.2 Å². The van der Waals surface area contributed by atoms with E-state index in [0.717, 1.165) is 12.3 Å². The SMILES string of the molecule is CCS(=O)(=O)c1cc(-c2ncc(OC)cn2)cnc1-c1nc2cc(C(F)(F)F)ncc2n1C. The number of rotatable bonds is 5. The van der Waals surface area contributed by atoms with E-state index in [1.807, 2.05) is 0 Å². The number of halogens is 3. The normalized spacial score (nSPS) is 12.3. The molecule has 4 rings (SSSR count). The largest absolute Gasteiger partial charge is 0.494 e. The summed E-state index contributed by atoms with van der Waals surface area (Å²) in [6.07, 6.45) is 0.648. The van der Waals surface area contributed by atoms with E-state index in [1.54, 1.807) is 7.05 Å². The highest BCUT2D eigenvalue weighted by Gasteiger charge is 2.33. The summed E-state index contributed by atoms with van der Waals surface area (Å²) in [5.41, 5.74) is -0.447. The van der Waals surface area contributed by atoms with Gasteiger partial charge in [0.05, 0.1) is 47.4 Å². The second kappa shape index (κ2) is 8.06. The number of aromatic nitrogens is 6. The van der Waals surface area contributed by atoms with Gasteiger partial charge in [-0.25, -0.2) is 28.4 Å². The highest BCUT2D eigenvalue weighted by Crippen LogP contribution is 2.33. The fourth-order valence-electron chi connectivity index (χ4n) is 3.15. The Morgan fingerprint density at radius 3 is 2.33 bits per heavy atom. The molecule has 0 unspecified atom stereocenters. The van der Waals surface area contributed by atoms with Crippen molar-refractivity contribution in [1.82, 2.24) is 29.5 Å². The van der Waals surface area contributed by atoms with Crippen LogP contribution in [-0.4, -0.2) is 50.8 Å². The average Bonchev–Trinajstić information content (AvgIpc) is 3.14. The van der Waals surface area contributed by atoms with Gasteiger partial charge >= 0.3 is 6.18 Å². The summed E-state index contributed by atoms with van der Waals surface area (Å²) < 4.78 is 71.4. The van der Waals surface area contributed by atoms with Crippen molar-refractivity contribution in [3.05, 3.63) is 42.6 Å². The van der Waals surface area contributed by atoms with Crippen LogP contribution in [-0.2, 0) is 23.1 Å². The van der Waals surface area contributed by atoms with Gasteiger partial charge in [0.15, 0.2) is 27.2 Å². The molecule has 0 spiro atoms. The van der Waals surface area contributed by atoms with E-state index >= 15 is 0 Å². The summed E-state index contributed by atoms with van der Waals surface area (Å²) in [6, 6.07) is 2.19. The van der Waals surface area contributed by atoms with Crippen molar-refractivity contribution in [2.75, 3.05) is 12.9 Å². The lowest BCUT2D eigenvalue weighted by Gasteiger charge is -2.11. The number of fused-ring (bicyclic) bond motifs is 1. The van der Waals surface area contributed by atoms with Crippen LogP contribution in [0.1, 0.15) is 12.6 Å². The molecule has 0 aliphatic heterocycles. The molecule has 0 fully saturated rings. The molecule has 0 saturated carbocycles. The molecule has 33 heavy (non-hydrogen) atoms. The smallest absolute Gasteiger partial charge is 0.433 e. The number of nitrogens with zero attached hydrogens (tertiary/aromatic N) is 6. The molecular weight excluding hydrogens is 461 g/mol. The van der Waals surface area contributed by atoms with E-state index in [1.165, 1.54) is 43.3 Å². The molecule has 0 amide bonds. The third-order valence-electron chi connectivity index (χ3n) is 4.96. The summed E-state index contributed by atoms with van der Waals surface area (Å²) in [7, 11) is -0.789. The third-order valence-corrected chi connectivity index (χ3v) is 6.70. The molecule has 0 radical (unpaired) electrons. The molecule has 0 aromatic carbocycles. The maximum absolute atomic E-state index is 13.1. The first-order chi connectivity index (χ1) is 15.5. The summed E-state index contributed by atoms with van der Waals surface area (Å²) in [4.78, 5) is 20.1. The van der Waals surface area contributed by atoms with Gasteiger partial charge in [-0.1, -0.05) is 6.92 Å². The Labute approximate surface area is 186 Å². The van der Waals surface area contributed by atoms with Crippen LogP contribution in [0.2, 0.25) is 0 Å². The first kappa shape index (κ1) is 22.6. The van der Waals surface area contributed by atoms with Gasteiger partial charge in [-0.15, -0.1) is 0 Å². The molecule has 0 N–H and O–H groups in total. The lowest BCUT2D eigenvalue weighted by atomic mass is 10.2. The lowest BCUT2D eigenvalue weighted by Crippen LogP contribution is -2.09. The van der Waals surface area contributed by atoms with E-state index in [2.05, 4.69) is 24.9 Å². The maximum atomic E-state index is 13.1. The van der Waals surface area contributed by atoms with Crippen molar-refractivity contribution < 1.29 is 26.3 Å². The summed E-state index contributed by atoms with van der Waals surface area (Å²) in [5.74, 6) is 0.515. The molecule has 13 heteroatoms. The number of sulfone groups is 1. The van der Waals surface area contributed by atoms with Crippen molar-refractivity contribution in [2.45, 2.75) is 18.0 Å². The maximum Gasteiger partial charge on any atom is 0.433 e. The molecule has 172 valence electrons. The lowest BCUT2D eigenvalue weighted by molar-refractivity contribution is -0.141. The zero-order chi connectivity index (χ0) is 24.0. The van der Waals surface area contributed by atoms with Crippen LogP contribution >= 0.6 is 0 Å². The van der Waals surface area contributed by atoms with Crippen LogP contribution in [0.25, 0.3) is 33.9 Å². The minimum Gasteiger partial charge on any atom is -0.494 e. The Morgan fingerprint density at radius 1 is 1.03 bits per heavy atom. The minimum atomic E-state index is -4.64. The Balaban J connectivity index is 1.91. The molecule has 0 aliphatic rings. The van der Waals surface area contributed by atoms with Crippen molar-refractivity contribution in [1.29, 1.82) is 0 Å². The minimum absolute atomic E-state index is 0.00127. The Morgan fingerprint density at radius 2 is 1.73 bits per heavy atom. The van der Waals surface area contributed by atoms with Gasteiger partial charge in [0, 0.05) is 18.8 Å². The van der Waals surface area contributed by atoms with Gasteiger partial charge in [0.2, 0.25) is 0 Å². The highest BCUT2D eigenvalue weighted by molar-refractivity contribution is 7.91. The van der Waals surface area contributed by atoms with Crippen LogP contribution in [0.3, 0.4) is 0 Å². The van der Waals surface area contributed by atoms with E-state index < -0.39 is 21.7 Å². The first-order valence-corrected chi connectivity index (χ1v) is 11.2. The Kier molecular flexibility index (Phi) is 5.52. The zero-order valence-corrected chi connectivity index (χ0v) is 18.4. The van der Waals surface area contributed by atoms with Gasteiger partial charge in [0.25, 0.3) is 0 Å². The van der Waals surface area contributed by atoms with Crippen molar-refractivity contribution in [3.8, 4) is 28.7 Å². The number of hydrogen-bond acceptors (Lipinski definition) is 8. The van der Waals surface area contributed by atoms with Gasteiger partial charge in [-0.2, -0.15) is 13.2 Å². The monoisotopic (exact) mass is 478 g/mol. The van der Waals surface area contributed by atoms with Crippen molar-refractivity contribution in [2.24, 2.45) is 7.05 Å². The highest BCUT2D eigenvalue weighted by atomic mass is 32.2. The van der Waals surface area contributed by atoms with Crippen LogP contribution in [0, 0.1) is 0 Å². The average molecular weight is 478 g/mol. The molecule has 0 bridgehead atoms. The van der Waals surface area contributed by atoms with Crippen LogP contribution in [0.5, 0.6) is 5.75 Å². The predicted octanol–water partition coefficient (Wildman–Crippen LogP) is 3.31. The number of methoxy groups -OCH3 is 1.